The molecule has 4 amide bonds. The van der Waals surface area contributed by atoms with Gasteiger partial charge in [0.25, 0.3) is 5.91 Å². The summed E-state index contributed by atoms with van der Waals surface area (Å²) in [4.78, 5) is 35.3. The van der Waals surface area contributed by atoms with Crippen molar-refractivity contribution < 1.29 is 18.8 Å². The van der Waals surface area contributed by atoms with Crippen LogP contribution in [0.3, 0.4) is 0 Å². The molecule has 1 fully saturated rings. The minimum Gasteiger partial charge on any atom is -0.444 e. The molecule has 1 aromatic carbocycles. The molecule has 1 aromatic heterocycles. The molecule has 1 aliphatic carbocycles. The summed E-state index contributed by atoms with van der Waals surface area (Å²) in [7, 11) is 0. The van der Waals surface area contributed by atoms with E-state index in [0.29, 0.717) is 16.0 Å². The third kappa shape index (κ3) is 5.35. The maximum absolute atomic E-state index is 11.9. The van der Waals surface area contributed by atoms with Crippen LogP contribution in [-0.4, -0.2) is 30.4 Å². The number of carbonyl (C=O) groups excluding carboxylic acids is 3. The summed E-state index contributed by atoms with van der Waals surface area (Å²) in [6, 6.07) is 9.83. The number of rotatable bonds is 6. The fourth-order valence-electron chi connectivity index (χ4n) is 2.11. The maximum atomic E-state index is 11.9. The second kappa shape index (κ2) is 8.05. The van der Waals surface area contributed by atoms with Crippen molar-refractivity contribution in [3.8, 4) is 0 Å². The Bertz CT molecular complexity index is 814. The number of benzene rings is 1. The zero-order valence-electron chi connectivity index (χ0n) is 13.7. The summed E-state index contributed by atoms with van der Waals surface area (Å²) in [5.74, 6) is -0.743. The van der Waals surface area contributed by atoms with Gasteiger partial charge in [-0.2, -0.15) is 0 Å². The van der Waals surface area contributed by atoms with Crippen molar-refractivity contribution in [2.24, 2.45) is 0 Å². The van der Waals surface area contributed by atoms with Crippen LogP contribution in [0.2, 0.25) is 0 Å². The fourth-order valence-corrected chi connectivity index (χ4v) is 2.41. The van der Waals surface area contributed by atoms with E-state index < -0.39 is 5.91 Å². The highest BCUT2D eigenvalue weighted by molar-refractivity contribution is 9.10. The molecule has 0 atom stereocenters. The Morgan fingerprint density at radius 3 is 2.23 bits per heavy atom. The first kappa shape index (κ1) is 18.0. The Kier molecular flexibility index (Phi) is 5.57. The van der Waals surface area contributed by atoms with Gasteiger partial charge in [-0.25, -0.2) is 4.79 Å². The number of anilines is 2. The van der Waals surface area contributed by atoms with Gasteiger partial charge in [0.2, 0.25) is 5.91 Å². The number of furan rings is 1. The van der Waals surface area contributed by atoms with Gasteiger partial charge in [-0.05, 0) is 65.2 Å². The molecule has 2 aromatic rings. The molecule has 0 spiro atoms. The lowest BCUT2D eigenvalue weighted by atomic mass is 10.2. The molecule has 0 bridgehead atoms. The Hall–Kier alpha value is -2.81. The van der Waals surface area contributed by atoms with E-state index in [1.54, 1.807) is 30.3 Å². The van der Waals surface area contributed by atoms with Crippen molar-refractivity contribution in [3.63, 3.8) is 0 Å². The SMILES string of the molecule is O=C(CNC(=O)c1ccc(Br)o1)Nc1ccc(NC(=O)NC2CC2)cc1. The van der Waals surface area contributed by atoms with Gasteiger partial charge in [0.1, 0.15) is 0 Å². The maximum Gasteiger partial charge on any atom is 0.319 e. The van der Waals surface area contributed by atoms with E-state index >= 15 is 0 Å². The smallest absolute Gasteiger partial charge is 0.319 e. The molecule has 0 aliphatic heterocycles. The van der Waals surface area contributed by atoms with Crippen molar-refractivity contribution in [2.75, 3.05) is 17.2 Å². The highest BCUT2D eigenvalue weighted by Gasteiger charge is 2.23. The Morgan fingerprint density at radius 2 is 1.65 bits per heavy atom. The molecule has 1 heterocycles. The molecule has 4 N–H and O–H groups in total. The van der Waals surface area contributed by atoms with Crippen LogP contribution in [-0.2, 0) is 4.79 Å². The first-order valence-corrected chi connectivity index (χ1v) is 8.80. The van der Waals surface area contributed by atoms with Gasteiger partial charge in [0, 0.05) is 17.4 Å². The van der Waals surface area contributed by atoms with Crippen molar-refractivity contribution >= 4 is 45.2 Å². The molecule has 136 valence electrons. The van der Waals surface area contributed by atoms with Crippen LogP contribution in [0.1, 0.15) is 23.4 Å². The zero-order chi connectivity index (χ0) is 18.5. The number of carbonyl (C=O) groups is 3. The van der Waals surface area contributed by atoms with Crippen molar-refractivity contribution in [1.29, 1.82) is 0 Å². The molecule has 9 heteroatoms. The molecule has 0 radical (unpaired) electrons. The number of urea groups is 1. The van der Waals surface area contributed by atoms with Crippen molar-refractivity contribution in [2.45, 2.75) is 18.9 Å². The molecule has 3 rings (SSSR count). The average molecular weight is 421 g/mol. The van der Waals surface area contributed by atoms with Gasteiger partial charge >= 0.3 is 6.03 Å². The third-order valence-electron chi connectivity index (χ3n) is 3.55. The number of hydrogen-bond acceptors (Lipinski definition) is 4. The predicted octanol–water partition coefficient (Wildman–Crippen LogP) is 2.69. The summed E-state index contributed by atoms with van der Waals surface area (Å²) in [6.45, 7) is -0.194. The van der Waals surface area contributed by atoms with Crippen LogP contribution in [0, 0.1) is 0 Å². The number of halogens is 1. The van der Waals surface area contributed by atoms with Gasteiger partial charge in [-0.3, -0.25) is 9.59 Å². The summed E-state index contributed by atoms with van der Waals surface area (Å²) in [5, 5.41) is 10.7. The largest absolute Gasteiger partial charge is 0.444 e. The summed E-state index contributed by atoms with van der Waals surface area (Å²) >= 11 is 3.10. The highest BCUT2D eigenvalue weighted by atomic mass is 79.9. The summed E-state index contributed by atoms with van der Waals surface area (Å²) in [5.41, 5.74) is 1.18. The normalized spacial score (nSPS) is 13.0. The predicted molar refractivity (Wildman–Crippen MR) is 99.0 cm³/mol. The molecule has 26 heavy (non-hydrogen) atoms. The lowest BCUT2D eigenvalue weighted by molar-refractivity contribution is -0.115. The van der Waals surface area contributed by atoms with Crippen molar-refractivity contribution in [3.05, 3.63) is 46.8 Å². The molecule has 8 nitrogen and oxygen atoms in total. The van der Waals surface area contributed by atoms with E-state index in [1.165, 1.54) is 6.07 Å². The van der Waals surface area contributed by atoms with Gasteiger partial charge in [-0.1, -0.05) is 0 Å². The van der Waals surface area contributed by atoms with Crippen LogP contribution in [0.25, 0.3) is 0 Å². The number of nitrogens with one attached hydrogen (secondary N) is 4. The monoisotopic (exact) mass is 420 g/mol. The number of hydrogen-bond donors (Lipinski definition) is 4. The van der Waals surface area contributed by atoms with Crippen LogP contribution in [0.15, 0.2) is 45.5 Å². The Labute approximate surface area is 157 Å². The van der Waals surface area contributed by atoms with E-state index in [-0.39, 0.29) is 30.3 Å². The topological polar surface area (TPSA) is 112 Å². The van der Waals surface area contributed by atoms with Gasteiger partial charge in [0.15, 0.2) is 10.4 Å². The molecular formula is C17H17BrN4O4. The first-order valence-electron chi connectivity index (χ1n) is 8.00. The fraction of sp³-hybridized carbons (Fsp3) is 0.235. The molecule has 1 aliphatic rings. The zero-order valence-corrected chi connectivity index (χ0v) is 15.3. The number of amides is 4. The highest BCUT2D eigenvalue weighted by Crippen LogP contribution is 2.19. The van der Waals surface area contributed by atoms with Crippen molar-refractivity contribution in [1.82, 2.24) is 10.6 Å². The minimum atomic E-state index is -0.480. The quantitative estimate of drug-likeness (QED) is 0.575. The second-order valence-electron chi connectivity index (χ2n) is 5.78. The lowest BCUT2D eigenvalue weighted by Gasteiger charge is -2.09. The molecule has 0 unspecified atom stereocenters. The van der Waals surface area contributed by atoms with Gasteiger partial charge in [-0.15, -0.1) is 0 Å². The van der Waals surface area contributed by atoms with E-state index in [0.717, 1.165) is 12.8 Å². The first-order chi connectivity index (χ1) is 12.5. The van der Waals surface area contributed by atoms with Crippen LogP contribution < -0.4 is 21.3 Å². The average Bonchev–Trinajstić information content (AvgIpc) is 3.31. The standard InChI is InChI=1S/C17H17BrN4O4/c18-14-8-7-13(26-14)16(24)19-9-15(23)20-10-1-3-11(4-2-10)21-17(25)22-12-5-6-12/h1-4,7-8,12H,5-6,9H2,(H,19,24)(H,20,23)(H2,21,22,25). The third-order valence-corrected chi connectivity index (χ3v) is 3.97. The summed E-state index contributed by atoms with van der Waals surface area (Å²) < 4.78 is 5.54. The van der Waals surface area contributed by atoms with Gasteiger partial charge < -0.3 is 25.7 Å². The van der Waals surface area contributed by atoms with Crippen LogP contribution >= 0.6 is 15.9 Å². The Balaban J connectivity index is 1.43. The minimum absolute atomic E-state index is 0.115. The van der Waals surface area contributed by atoms with Crippen LogP contribution in [0.4, 0.5) is 16.2 Å². The lowest BCUT2D eigenvalue weighted by Crippen LogP contribution is -2.32. The van der Waals surface area contributed by atoms with E-state index in [2.05, 4.69) is 37.2 Å². The van der Waals surface area contributed by atoms with Gasteiger partial charge in [0.05, 0.1) is 6.54 Å². The van der Waals surface area contributed by atoms with Crippen LogP contribution in [0.5, 0.6) is 0 Å². The Morgan fingerprint density at radius 1 is 1.00 bits per heavy atom. The molecule has 0 saturated heterocycles. The van der Waals surface area contributed by atoms with E-state index in [1.807, 2.05) is 0 Å². The van der Waals surface area contributed by atoms with E-state index in [4.69, 9.17) is 4.42 Å². The molecular weight excluding hydrogens is 404 g/mol. The summed E-state index contributed by atoms with van der Waals surface area (Å²) in [6.07, 6.45) is 2.04. The molecule has 1 saturated carbocycles. The second-order valence-corrected chi connectivity index (χ2v) is 6.57. The van der Waals surface area contributed by atoms with E-state index in [9.17, 15) is 14.4 Å².